The summed E-state index contributed by atoms with van der Waals surface area (Å²) in [5.74, 6) is 0.0302. The minimum absolute atomic E-state index is 0.0302. The summed E-state index contributed by atoms with van der Waals surface area (Å²) in [6.45, 7) is 4.51. The number of hydrogen-bond donors (Lipinski definition) is 0. The quantitative estimate of drug-likeness (QED) is 0.772. The molecule has 1 aromatic carbocycles. The fourth-order valence-electron chi connectivity index (χ4n) is 4.53. The summed E-state index contributed by atoms with van der Waals surface area (Å²) in [5, 5.41) is 8.33. The molecule has 6 nitrogen and oxygen atoms in total. The molecule has 4 rings (SSSR count). The van der Waals surface area contributed by atoms with Crippen molar-refractivity contribution in [2.75, 3.05) is 26.2 Å². The highest BCUT2D eigenvalue weighted by Gasteiger charge is 2.27. The van der Waals surface area contributed by atoms with E-state index in [1.165, 1.54) is 31.2 Å². The average Bonchev–Trinajstić information content (AvgIpc) is 3.37. The van der Waals surface area contributed by atoms with Crippen LogP contribution in [0.2, 0.25) is 0 Å². The Bertz CT molecular complexity index is 753. The van der Waals surface area contributed by atoms with E-state index in [1.54, 1.807) is 4.68 Å². The second kappa shape index (κ2) is 9.32. The van der Waals surface area contributed by atoms with Crippen molar-refractivity contribution in [2.24, 2.45) is 0 Å². The molecule has 1 saturated heterocycles. The number of hydrogen-bond acceptors (Lipinski definition) is 4. The van der Waals surface area contributed by atoms with Crippen LogP contribution in [0.1, 0.15) is 54.6 Å². The molecule has 0 atom stereocenters. The smallest absolute Gasteiger partial charge is 0.276 e. The van der Waals surface area contributed by atoms with E-state index in [-0.39, 0.29) is 5.91 Å². The summed E-state index contributed by atoms with van der Waals surface area (Å²) in [6.07, 6.45) is 10.2. The van der Waals surface area contributed by atoms with Gasteiger partial charge in [-0.3, -0.25) is 14.4 Å². The van der Waals surface area contributed by atoms with Crippen LogP contribution in [-0.2, 0) is 13.0 Å². The van der Waals surface area contributed by atoms with Crippen molar-refractivity contribution in [3.63, 3.8) is 0 Å². The second-order valence-electron chi connectivity index (χ2n) is 8.08. The Labute approximate surface area is 167 Å². The molecule has 1 aromatic heterocycles. The summed E-state index contributed by atoms with van der Waals surface area (Å²) >= 11 is 0. The van der Waals surface area contributed by atoms with Gasteiger partial charge in [-0.05, 0) is 37.7 Å². The number of carbonyl (C=O) groups is 1. The van der Waals surface area contributed by atoms with Crippen LogP contribution in [0.3, 0.4) is 0 Å². The highest BCUT2D eigenvalue weighted by Crippen LogP contribution is 2.24. The van der Waals surface area contributed by atoms with Crippen molar-refractivity contribution < 1.29 is 4.79 Å². The second-order valence-corrected chi connectivity index (χ2v) is 8.08. The maximum absolute atomic E-state index is 12.9. The topological polar surface area (TPSA) is 54.3 Å². The van der Waals surface area contributed by atoms with Gasteiger partial charge in [-0.1, -0.05) is 48.4 Å². The lowest BCUT2D eigenvalue weighted by Crippen LogP contribution is -2.38. The molecular formula is C22H31N5O. The van der Waals surface area contributed by atoms with Crippen LogP contribution in [-0.4, -0.2) is 62.9 Å². The van der Waals surface area contributed by atoms with Gasteiger partial charge in [-0.15, -0.1) is 5.10 Å². The van der Waals surface area contributed by atoms with Gasteiger partial charge in [0.2, 0.25) is 0 Å². The number of carbonyl (C=O) groups excluding carboxylic acids is 1. The standard InChI is InChI=1S/C22H31N5O/c28-22(26-14-7-13-25(16-17-26)20-11-4-5-12-20)21-18-27(24-23-21)15-6-10-19-8-2-1-3-9-19/h1-3,8-9,18,20H,4-7,10-17H2. The minimum Gasteiger partial charge on any atom is -0.336 e. The zero-order valence-corrected chi connectivity index (χ0v) is 16.7. The van der Waals surface area contributed by atoms with Gasteiger partial charge < -0.3 is 4.90 Å². The van der Waals surface area contributed by atoms with E-state index in [0.717, 1.165) is 58.0 Å². The van der Waals surface area contributed by atoms with Crippen LogP contribution in [0.5, 0.6) is 0 Å². The van der Waals surface area contributed by atoms with Gasteiger partial charge in [0.05, 0.1) is 6.20 Å². The molecule has 2 heterocycles. The maximum atomic E-state index is 12.9. The average molecular weight is 382 g/mol. The highest BCUT2D eigenvalue weighted by molar-refractivity contribution is 5.91. The summed E-state index contributed by atoms with van der Waals surface area (Å²) in [6, 6.07) is 11.2. The summed E-state index contributed by atoms with van der Waals surface area (Å²) in [7, 11) is 0. The molecule has 2 fully saturated rings. The number of benzene rings is 1. The molecule has 1 aliphatic carbocycles. The molecule has 0 spiro atoms. The minimum atomic E-state index is 0.0302. The van der Waals surface area contributed by atoms with Crippen molar-refractivity contribution in [3.05, 3.63) is 47.8 Å². The number of amides is 1. The number of rotatable bonds is 6. The molecule has 2 aliphatic rings. The number of nitrogens with zero attached hydrogens (tertiary/aromatic N) is 5. The Morgan fingerprint density at radius 1 is 1.00 bits per heavy atom. The van der Waals surface area contributed by atoms with Crippen LogP contribution >= 0.6 is 0 Å². The van der Waals surface area contributed by atoms with E-state index in [4.69, 9.17) is 0 Å². The molecule has 1 amide bonds. The molecule has 1 saturated carbocycles. The Kier molecular flexibility index (Phi) is 6.37. The van der Waals surface area contributed by atoms with Gasteiger partial charge in [0.15, 0.2) is 5.69 Å². The van der Waals surface area contributed by atoms with Crippen LogP contribution in [0.15, 0.2) is 36.5 Å². The molecule has 6 heteroatoms. The lowest BCUT2D eigenvalue weighted by atomic mass is 10.1. The number of aromatic nitrogens is 3. The Morgan fingerprint density at radius 2 is 1.82 bits per heavy atom. The lowest BCUT2D eigenvalue weighted by Gasteiger charge is -2.27. The van der Waals surface area contributed by atoms with E-state index in [0.29, 0.717) is 5.69 Å². The molecule has 28 heavy (non-hydrogen) atoms. The summed E-state index contributed by atoms with van der Waals surface area (Å²) in [5.41, 5.74) is 1.81. The highest BCUT2D eigenvalue weighted by atomic mass is 16.2. The van der Waals surface area contributed by atoms with Crippen LogP contribution in [0, 0.1) is 0 Å². The first kappa shape index (κ1) is 19.1. The Hall–Kier alpha value is -2.21. The van der Waals surface area contributed by atoms with Gasteiger partial charge in [0, 0.05) is 38.8 Å². The van der Waals surface area contributed by atoms with Crippen LogP contribution in [0.25, 0.3) is 0 Å². The molecule has 0 N–H and O–H groups in total. The normalized spacial score (nSPS) is 19.1. The van der Waals surface area contributed by atoms with E-state index >= 15 is 0 Å². The molecule has 1 aliphatic heterocycles. The van der Waals surface area contributed by atoms with Gasteiger partial charge in [-0.2, -0.15) is 0 Å². The first-order chi connectivity index (χ1) is 13.8. The molecule has 0 bridgehead atoms. The maximum Gasteiger partial charge on any atom is 0.276 e. The number of aryl methyl sites for hydroxylation is 2. The van der Waals surface area contributed by atoms with E-state index in [1.807, 2.05) is 17.2 Å². The zero-order valence-electron chi connectivity index (χ0n) is 16.7. The fraction of sp³-hybridized carbons (Fsp3) is 0.591. The van der Waals surface area contributed by atoms with E-state index in [2.05, 4.69) is 39.5 Å². The fourth-order valence-corrected chi connectivity index (χ4v) is 4.53. The predicted octanol–water partition coefficient (Wildman–Crippen LogP) is 3.00. The van der Waals surface area contributed by atoms with Crippen molar-refractivity contribution in [2.45, 2.75) is 57.5 Å². The molecule has 0 radical (unpaired) electrons. The Morgan fingerprint density at radius 3 is 2.64 bits per heavy atom. The zero-order chi connectivity index (χ0) is 19.2. The van der Waals surface area contributed by atoms with Gasteiger partial charge >= 0.3 is 0 Å². The summed E-state index contributed by atoms with van der Waals surface area (Å²) < 4.78 is 1.80. The molecule has 150 valence electrons. The molecule has 0 unspecified atom stereocenters. The third-order valence-corrected chi connectivity index (χ3v) is 6.11. The summed E-state index contributed by atoms with van der Waals surface area (Å²) in [4.78, 5) is 17.4. The lowest BCUT2D eigenvalue weighted by molar-refractivity contribution is 0.0752. The Balaban J connectivity index is 1.27. The third-order valence-electron chi connectivity index (χ3n) is 6.11. The predicted molar refractivity (Wildman–Crippen MR) is 109 cm³/mol. The molecule has 2 aromatic rings. The van der Waals surface area contributed by atoms with Crippen LogP contribution < -0.4 is 0 Å². The first-order valence-corrected chi connectivity index (χ1v) is 10.8. The largest absolute Gasteiger partial charge is 0.336 e. The van der Waals surface area contributed by atoms with Gasteiger partial charge in [0.1, 0.15) is 0 Å². The van der Waals surface area contributed by atoms with Crippen molar-refractivity contribution in [1.82, 2.24) is 24.8 Å². The van der Waals surface area contributed by atoms with Gasteiger partial charge in [-0.25, -0.2) is 0 Å². The van der Waals surface area contributed by atoms with E-state index < -0.39 is 0 Å². The van der Waals surface area contributed by atoms with Crippen LogP contribution in [0.4, 0.5) is 0 Å². The molecular weight excluding hydrogens is 350 g/mol. The van der Waals surface area contributed by atoms with Crippen molar-refractivity contribution in [1.29, 1.82) is 0 Å². The van der Waals surface area contributed by atoms with Gasteiger partial charge in [0.25, 0.3) is 5.91 Å². The van der Waals surface area contributed by atoms with E-state index in [9.17, 15) is 4.79 Å². The monoisotopic (exact) mass is 381 g/mol. The SMILES string of the molecule is O=C(c1cn(CCCc2ccccc2)nn1)N1CCCN(C2CCCC2)CC1. The van der Waals surface area contributed by atoms with Crippen molar-refractivity contribution in [3.8, 4) is 0 Å². The first-order valence-electron chi connectivity index (χ1n) is 10.8. The third kappa shape index (κ3) is 4.79. The van der Waals surface area contributed by atoms with Crippen molar-refractivity contribution >= 4 is 5.91 Å².